The molecule has 0 aliphatic carbocycles. The van der Waals surface area contributed by atoms with Gasteiger partial charge in [-0.05, 0) is 24.3 Å². The molecule has 3 nitrogen and oxygen atoms in total. The summed E-state index contributed by atoms with van der Waals surface area (Å²) in [6.45, 7) is 0. The van der Waals surface area contributed by atoms with Crippen LogP contribution in [0.2, 0.25) is 0 Å². The third-order valence-corrected chi connectivity index (χ3v) is 1.53. The topological polar surface area (TPSA) is 36.4 Å². The number of rotatable bonds is 3. The standard InChI is InChI=1S/C9H13N3/c1-10-7-12-9-5-3-8(11-2)4-6-9/h3-7,11H,1-2H3,(H,10,12). The molecule has 1 rings (SSSR count). The van der Waals surface area contributed by atoms with Crippen molar-refractivity contribution >= 4 is 17.7 Å². The summed E-state index contributed by atoms with van der Waals surface area (Å²) in [5.41, 5.74) is 2.15. The van der Waals surface area contributed by atoms with Crippen LogP contribution in [-0.2, 0) is 0 Å². The maximum absolute atomic E-state index is 3.82. The van der Waals surface area contributed by atoms with Gasteiger partial charge in [-0.2, -0.15) is 0 Å². The largest absolute Gasteiger partial charge is 0.388 e. The third kappa shape index (κ3) is 2.27. The monoisotopic (exact) mass is 163 g/mol. The molecule has 0 spiro atoms. The minimum atomic E-state index is 1.04. The molecule has 64 valence electrons. The highest BCUT2D eigenvalue weighted by molar-refractivity contribution is 5.75. The van der Waals surface area contributed by atoms with E-state index < -0.39 is 0 Å². The molecule has 1 aromatic carbocycles. The molecule has 0 aliphatic rings. The average molecular weight is 163 g/mol. The van der Waals surface area contributed by atoms with Crippen LogP contribution < -0.4 is 10.6 Å². The highest BCUT2D eigenvalue weighted by atomic mass is 14.9. The second kappa shape index (κ2) is 4.38. The zero-order valence-corrected chi connectivity index (χ0v) is 7.33. The summed E-state index contributed by atoms with van der Waals surface area (Å²) < 4.78 is 0. The number of hydrogen-bond donors (Lipinski definition) is 2. The Kier molecular flexibility index (Phi) is 3.14. The van der Waals surface area contributed by atoms with Gasteiger partial charge in [0.15, 0.2) is 0 Å². The van der Waals surface area contributed by atoms with Crippen molar-refractivity contribution in [3.63, 3.8) is 0 Å². The highest BCUT2D eigenvalue weighted by Gasteiger charge is 1.88. The third-order valence-electron chi connectivity index (χ3n) is 1.53. The van der Waals surface area contributed by atoms with Gasteiger partial charge in [-0.15, -0.1) is 0 Å². The molecule has 0 saturated carbocycles. The van der Waals surface area contributed by atoms with Crippen LogP contribution in [0.4, 0.5) is 11.4 Å². The van der Waals surface area contributed by atoms with Crippen LogP contribution in [-0.4, -0.2) is 20.4 Å². The second-order valence-corrected chi connectivity index (χ2v) is 2.36. The summed E-state index contributed by atoms with van der Waals surface area (Å²) in [4.78, 5) is 3.82. The molecule has 1 aromatic rings. The molecule has 0 atom stereocenters. The summed E-state index contributed by atoms with van der Waals surface area (Å²) in [5.74, 6) is 0. The van der Waals surface area contributed by atoms with Crippen molar-refractivity contribution in [2.75, 3.05) is 24.7 Å². The Hall–Kier alpha value is -1.51. The van der Waals surface area contributed by atoms with Crippen LogP contribution in [0.5, 0.6) is 0 Å². The van der Waals surface area contributed by atoms with Gasteiger partial charge in [0.05, 0.1) is 6.34 Å². The van der Waals surface area contributed by atoms with E-state index in [1.165, 1.54) is 0 Å². The zero-order chi connectivity index (χ0) is 8.81. The molecular formula is C9H13N3. The summed E-state index contributed by atoms with van der Waals surface area (Å²) in [6.07, 6.45) is 1.66. The minimum absolute atomic E-state index is 1.04. The van der Waals surface area contributed by atoms with Crippen LogP contribution in [0.15, 0.2) is 29.3 Å². The van der Waals surface area contributed by atoms with Crippen molar-refractivity contribution in [2.45, 2.75) is 0 Å². The quantitative estimate of drug-likeness (QED) is 0.526. The van der Waals surface area contributed by atoms with Crippen molar-refractivity contribution in [3.8, 4) is 0 Å². The summed E-state index contributed by atoms with van der Waals surface area (Å²) in [7, 11) is 3.63. The number of hydrogen-bond acceptors (Lipinski definition) is 2. The molecule has 0 aliphatic heterocycles. The Bertz CT molecular complexity index is 251. The Morgan fingerprint density at radius 1 is 1.17 bits per heavy atom. The number of nitrogens with one attached hydrogen (secondary N) is 2. The Labute approximate surface area is 72.5 Å². The molecule has 12 heavy (non-hydrogen) atoms. The van der Waals surface area contributed by atoms with Crippen molar-refractivity contribution in [2.24, 2.45) is 4.99 Å². The van der Waals surface area contributed by atoms with E-state index in [1.807, 2.05) is 31.3 Å². The molecule has 0 unspecified atom stereocenters. The van der Waals surface area contributed by atoms with E-state index in [2.05, 4.69) is 15.6 Å². The van der Waals surface area contributed by atoms with Gasteiger partial charge in [-0.25, -0.2) is 0 Å². The molecule has 0 aromatic heterocycles. The van der Waals surface area contributed by atoms with Gasteiger partial charge in [0, 0.05) is 25.5 Å². The van der Waals surface area contributed by atoms with Crippen LogP contribution in [0, 0.1) is 0 Å². The van der Waals surface area contributed by atoms with Gasteiger partial charge in [0.2, 0.25) is 0 Å². The van der Waals surface area contributed by atoms with Crippen LogP contribution in [0.3, 0.4) is 0 Å². The molecular weight excluding hydrogens is 150 g/mol. The molecule has 3 heteroatoms. The fourth-order valence-corrected chi connectivity index (χ4v) is 0.872. The average Bonchev–Trinajstić information content (AvgIpc) is 2.15. The Morgan fingerprint density at radius 3 is 2.25 bits per heavy atom. The maximum Gasteiger partial charge on any atom is 0.0864 e. The van der Waals surface area contributed by atoms with Crippen molar-refractivity contribution in [3.05, 3.63) is 24.3 Å². The van der Waals surface area contributed by atoms with Crippen LogP contribution in [0.1, 0.15) is 0 Å². The van der Waals surface area contributed by atoms with Gasteiger partial charge in [-0.3, -0.25) is 4.99 Å². The summed E-state index contributed by atoms with van der Waals surface area (Å²) >= 11 is 0. The number of aliphatic imine (C=N–C) groups is 1. The van der Waals surface area contributed by atoms with E-state index in [0.717, 1.165) is 11.4 Å². The Morgan fingerprint density at radius 2 is 1.75 bits per heavy atom. The fourth-order valence-electron chi connectivity index (χ4n) is 0.872. The van der Waals surface area contributed by atoms with E-state index in [-0.39, 0.29) is 0 Å². The van der Waals surface area contributed by atoms with Crippen LogP contribution in [0.25, 0.3) is 0 Å². The fraction of sp³-hybridized carbons (Fsp3) is 0.222. The molecule has 2 N–H and O–H groups in total. The van der Waals surface area contributed by atoms with E-state index in [4.69, 9.17) is 0 Å². The van der Waals surface area contributed by atoms with Crippen molar-refractivity contribution in [1.29, 1.82) is 0 Å². The molecule has 0 heterocycles. The van der Waals surface area contributed by atoms with E-state index >= 15 is 0 Å². The Balaban J connectivity index is 2.64. The first-order chi connectivity index (χ1) is 5.86. The molecule has 0 bridgehead atoms. The molecule has 0 amide bonds. The number of anilines is 2. The van der Waals surface area contributed by atoms with E-state index in [1.54, 1.807) is 13.4 Å². The predicted octanol–water partition coefficient (Wildman–Crippen LogP) is 1.80. The first-order valence-corrected chi connectivity index (χ1v) is 3.82. The maximum atomic E-state index is 3.82. The zero-order valence-electron chi connectivity index (χ0n) is 7.33. The lowest BCUT2D eigenvalue weighted by Crippen LogP contribution is -1.94. The first-order valence-electron chi connectivity index (χ1n) is 3.82. The van der Waals surface area contributed by atoms with Gasteiger partial charge in [0.25, 0.3) is 0 Å². The van der Waals surface area contributed by atoms with Crippen molar-refractivity contribution in [1.82, 2.24) is 0 Å². The second-order valence-electron chi connectivity index (χ2n) is 2.36. The van der Waals surface area contributed by atoms with Gasteiger partial charge < -0.3 is 10.6 Å². The first kappa shape index (κ1) is 8.59. The normalized spacial score (nSPS) is 10.2. The summed E-state index contributed by atoms with van der Waals surface area (Å²) in [5, 5.41) is 6.08. The molecule has 0 radical (unpaired) electrons. The lowest BCUT2D eigenvalue weighted by atomic mass is 10.3. The van der Waals surface area contributed by atoms with Gasteiger partial charge in [-0.1, -0.05) is 0 Å². The van der Waals surface area contributed by atoms with Gasteiger partial charge in [0.1, 0.15) is 0 Å². The van der Waals surface area contributed by atoms with Crippen LogP contribution >= 0.6 is 0 Å². The summed E-state index contributed by atoms with van der Waals surface area (Å²) in [6, 6.07) is 8.00. The van der Waals surface area contributed by atoms with Gasteiger partial charge >= 0.3 is 0 Å². The predicted molar refractivity (Wildman–Crippen MR) is 54.0 cm³/mol. The van der Waals surface area contributed by atoms with Crippen molar-refractivity contribution < 1.29 is 0 Å². The van der Waals surface area contributed by atoms with E-state index in [9.17, 15) is 0 Å². The lowest BCUT2D eigenvalue weighted by Gasteiger charge is -2.01. The number of benzene rings is 1. The SMILES string of the molecule is CN=CNc1ccc(NC)cc1. The van der Waals surface area contributed by atoms with E-state index in [0.29, 0.717) is 0 Å². The molecule has 0 fully saturated rings. The molecule has 0 saturated heterocycles. The smallest absolute Gasteiger partial charge is 0.0864 e. The highest BCUT2D eigenvalue weighted by Crippen LogP contribution is 2.11. The lowest BCUT2D eigenvalue weighted by molar-refractivity contribution is 1.45. The number of nitrogens with zero attached hydrogens (tertiary/aromatic N) is 1. The minimum Gasteiger partial charge on any atom is -0.388 e.